The first-order valence-corrected chi connectivity index (χ1v) is 20.2. The van der Waals surface area contributed by atoms with E-state index >= 15 is 0 Å². The monoisotopic (exact) mass is 796 g/mol. The van der Waals surface area contributed by atoms with Gasteiger partial charge in [0, 0.05) is 24.5 Å². The molecule has 2 aliphatic heterocycles. The van der Waals surface area contributed by atoms with Gasteiger partial charge in [-0.05, 0) is 110 Å². The summed E-state index contributed by atoms with van der Waals surface area (Å²) in [5, 5.41) is 5.99. The number of nitrogens with zero attached hydrogens (tertiary/aromatic N) is 2. The molecule has 0 bridgehead atoms. The molecule has 2 fully saturated rings. The van der Waals surface area contributed by atoms with Gasteiger partial charge in [-0.3, -0.25) is 19.2 Å². The molecular formula is C50H44N4O6. The first-order valence-electron chi connectivity index (χ1n) is 20.2. The van der Waals surface area contributed by atoms with Gasteiger partial charge in [-0.25, -0.2) is 0 Å². The molecule has 4 amide bonds. The van der Waals surface area contributed by atoms with Crippen molar-refractivity contribution in [1.29, 1.82) is 0 Å². The largest absolute Gasteiger partial charge is 0.457 e. The fourth-order valence-corrected chi connectivity index (χ4v) is 7.57. The highest BCUT2D eigenvalue weighted by Crippen LogP contribution is 2.31. The van der Waals surface area contributed by atoms with Crippen molar-refractivity contribution in [3.05, 3.63) is 180 Å². The van der Waals surface area contributed by atoms with Crippen LogP contribution in [0.1, 0.15) is 57.5 Å². The Hall–Kier alpha value is -7.46. The molecule has 10 nitrogen and oxygen atoms in total. The molecule has 0 radical (unpaired) electrons. The van der Waals surface area contributed by atoms with E-state index in [1.54, 1.807) is 46.2 Å². The van der Waals surface area contributed by atoms with Crippen molar-refractivity contribution in [2.45, 2.75) is 37.8 Å². The van der Waals surface area contributed by atoms with Gasteiger partial charge in [0.15, 0.2) is 0 Å². The summed E-state index contributed by atoms with van der Waals surface area (Å²) in [5.74, 6) is 1.20. The first kappa shape index (κ1) is 39.4. The molecule has 8 rings (SSSR count). The lowest BCUT2D eigenvalue weighted by Gasteiger charge is -2.25. The van der Waals surface area contributed by atoms with Crippen molar-refractivity contribution in [2.24, 2.45) is 0 Å². The van der Waals surface area contributed by atoms with Gasteiger partial charge in [-0.1, -0.05) is 97.1 Å². The molecule has 0 saturated carbocycles. The number of ether oxygens (including phenoxy) is 2. The molecule has 10 heteroatoms. The van der Waals surface area contributed by atoms with Crippen LogP contribution in [0, 0.1) is 0 Å². The van der Waals surface area contributed by atoms with Gasteiger partial charge in [0.25, 0.3) is 11.8 Å². The van der Waals surface area contributed by atoms with E-state index in [2.05, 4.69) is 10.6 Å². The van der Waals surface area contributed by atoms with E-state index in [1.807, 2.05) is 133 Å². The number of carbonyl (C=O) groups excluding carboxylic acids is 4. The molecule has 2 aliphatic rings. The zero-order valence-electron chi connectivity index (χ0n) is 32.9. The van der Waals surface area contributed by atoms with Crippen molar-refractivity contribution >= 4 is 47.2 Å². The van der Waals surface area contributed by atoms with Gasteiger partial charge < -0.3 is 29.9 Å². The zero-order valence-corrected chi connectivity index (χ0v) is 32.9. The molecule has 300 valence electrons. The molecule has 2 atom stereocenters. The SMILES string of the molecule is O=C(Nc1ccc(C=Cc2ccc(NC(=O)[C@@H]3CCCN3C(=O)c3ccccc3Oc3ccccc3)cc2)cc1)[C@@H]1CCCN1C(=O)c1ccccc1Oc1ccccc1. The number of likely N-dealkylation sites (tertiary alicyclic amines) is 2. The molecule has 0 aromatic heterocycles. The number of anilines is 2. The zero-order chi connectivity index (χ0) is 41.3. The number of hydrogen-bond acceptors (Lipinski definition) is 6. The van der Waals surface area contributed by atoms with Crippen LogP contribution < -0.4 is 20.1 Å². The van der Waals surface area contributed by atoms with Crippen LogP contribution in [-0.2, 0) is 9.59 Å². The summed E-state index contributed by atoms with van der Waals surface area (Å²) < 4.78 is 12.1. The van der Waals surface area contributed by atoms with Gasteiger partial charge in [0.1, 0.15) is 35.1 Å². The summed E-state index contributed by atoms with van der Waals surface area (Å²) >= 11 is 0. The number of nitrogens with one attached hydrogen (secondary N) is 2. The molecule has 0 unspecified atom stereocenters. The number of hydrogen-bond donors (Lipinski definition) is 2. The molecule has 0 spiro atoms. The minimum atomic E-state index is -0.600. The Morgan fingerprint density at radius 1 is 0.467 bits per heavy atom. The minimum absolute atomic E-state index is 0.233. The maximum absolute atomic E-state index is 13.7. The Morgan fingerprint density at radius 3 is 1.23 bits per heavy atom. The minimum Gasteiger partial charge on any atom is -0.457 e. The van der Waals surface area contributed by atoms with Crippen LogP contribution in [0.25, 0.3) is 12.2 Å². The van der Waals surface area contributed by atoms with Crippen LogP contribution in [-0.4, -0.2) is 58.6 Å². The molecule has 2 N–H and O–H groups in total. The van der Waals surface area contributed by atoms with E-state index in [4.69, 9.17) is 9.47 Å². The van der Waals surface area contributed by atoms with E-state index in [9.17, 15) is 19.2 Å². The second-order valence-corrected chi connectivity index (χ2v) is 14.7. The van der Waals surface area contributed by atoms with E-state index in [0.29, 0.717) is 71.4 Å². The van der Waals surface area contributed by atoms with Crippen molar-refractivity contribution in [2.75, 3.05) is 23.7 Å². The maximum Gasteiger partial charge on any atom is 0.258 e. The van der Waals surface area contributed by atoms with Crippen molar-refractivity contribution in [3.63, 3.8) is 0 Å². The maximum atomic E-state index is 13.7. The van der Waals surface area contributed by atoms with Crippen LogP contribution in [0.15, 0.2) is 158 Å². The molecule has 6 aromatic rings. The van der Waals surface area contributed by atoms with Gasteiger partial charge in [-0.15, -0.1) is 0 Å². The Morgan fingerprint density at radius 2 is 0.833 bits per heavy atom. The standard InChI is InChI=1S/C50H44N4O6/c55-47(43-19-11-33-53(43)49(57)41-17-7-9-21-45(41)59-39-13-3-1-4-14-39)51-37-29-25-35(26-30-37)23-24-36-27-31-38(32-28-36)52-48(56)44-20-12-34-54(44)50(58)42-18-8-10-22-46(42)60-40-15-5-2-6-16-40/h1-10,13-18,21-32,43-44H,11-12,19-20,33-34H2,(H,51,55)(H,52,56)/t43-,44-/m0/s1. The Labute approximate surface area is 349 Å². The third-order valence-electron chi connectivity index (χ3n) is 10.6. The van der Waals surface area contributed by atoms with E-state index in [0.717, 1.165) is 24.0 Å². The highest BCUT2D eigenvalue weighted by molar-refractivity contribution is 6.04. The second-order valence-electron chi connectivity index (χ2n) is 14.7. The predicted octanol–water partition coefficient (Wildman–Crippen LogP) is 9.93. The van der Waals surface area contributed by atoms with Crippen LogP contribution in [0.3, 0.4) is 0 Å². The van der Waals surface area contributed by atoms with Gasteiger partial charge in [0.05, 0.1) is 11.1 Å². The smallest absolute Gasteiger partial charge is 0.258 e. The van der Waals surface area contributed by atoms with Gasteiger partial charge >= 0.3 is 0 Å². The number of para-hydroxylation sites is 4. The summed E-state index contributed by atoms with van der Waals surface area (Å²) in [6.07, 6.45) is 6.53. The molecular weight excluding hydrogens is 753 g/mol. The summed E-state index contributed by atoms with van der Waals surface area (Å²) in [5.41, 5.74) is 3.95. The van der Waals surface area contributed by atoms with Gasteiger partial charge in [-0.2, -0.15) is 0 Å². The summed E-state index contributed by atoms with van der Waals surface area (Å²) in [7, 11) is 0. The van der Waals surface area contributed by atoms with Crippen LogP contribution in [0.2, 0.25) is 0 Å². The Balaban J connectivity index is 0.842. The average Bonchev–Trinajstić information content (AvgIpc) is 3.99. The van der Waals surface area contributed by atoms with E-state index in [1.165, 1.54) is 0 Å². The van der Waals surface area contributed by atoms with Crippen molar-refractivity contribution in [1.82, 2.24) is 9.80 Å². The topological polar surface area (TPSA) is 117 Å². The number of amides is 4. The lowest BCUT2D eigenvalue weighted by atomic mass is 10.1. The van der Waals surface area contributed by atoms with E-state index < -0.39 is 12.1 Å². The molecule has 6 aromatic carbocycles. The van der Waals surface area contributed by atoms with Crippen LogP contribution >= 0.6 is 0 Å². The quantitative estimate of drug-likeness (QED) is 0.119. The molecule has 2 saturated heterocycles. The van der Waals surface area contributed by atoms with Crippen LogP contribution in [0.5, 0.6) is 23.0 Å². The number of carbonyl (C=O) groups is 4. The van der Waals surface area contributed by atoms with Crippen LogP contribution in [0.4, 0.5) is 11.4 Å². The first-order chi connectivity index (χ1) is 29.4. The third kappa shape index (κ3) is 9.29. The van der Waals surface area contributed by atoms with Crippen molar-refractivity contribution in [3.8, 4) is 23.0 Å². The van der Waals surface area contributed by atoms with E-state index in [-0.39, 0.29) is 23.6 Å². The van der Waals surface area contributed by atoms with Gasteiger partial charge in [0.2, 0.25) is 11.8 Å². The Kier molecular flexibility index (Phi) is 12.1. The fraction of sp³-hybridized carbons (Fsp3) is 0.160. The second kappa shape index (κ2) is 18.4. The summed E-state index contributed by atoms with van der Waals surface area (Å²) in [6, 6.07) is 46.6. The number of benzene rings is 6. The summed E-state index contributed by atoms with van der Waals surface area (Å²) in [6.45, 7) is 0.963. The highest BCUT2D eigenvalue weighted by Gasteiger charge is 2.37. The fourth-order valence-electron chi connectivity index (χ4n) is 7.57. The predicted molar refractivity (Wildman–Crippen MR) is 233 cm³/mol. The normalized spacial score (nSPS) is 16.1. The third-order valence-corrected chi connectivity index (χ3v) is 10.6. The number of rotatable bonds is 12. The highest BCUT2D eigenvalue weighted by atomic mass is 16.5. The van der Waals surface area contributed by atoms with Crippen molar-refractivity contribution < 1.29 is 28.7 Å². The molecule has 2 heterocycles. The summed E-state index contributed by atoms with van der Waals surface area (Å²) in [4.78, 5) is 57.7. The average molecular weight is 797 g/mol. The lowest BCUT2D eigenvalue weighted by molar-refractivity contribution is -0.120. The lowest BCUT2D eigenvalue weighted by Crippen LogP contribution is -2.43. The molecule has 60 heavy (non-hydrogen) atoms. The molecule has 0 aliphatic carbocycles. The Bertz CT molecular complexity index is 2310.